The first-order valence-electron chi connectivity index (χ1n) is 7.50. The monoisotopic (exact) mass is 306 g/mol. The molecule has 1 aromatic carbocycles. The van der Waals surface area contributed by atoms with E-state index in [1.54, 1.807) is 7.05 Å². The number of hydrogen-bond acceptors (Lipinski definition) is 4. The van der Waals surface area contributed by atoms with Crippen LogP contribution in [0.1, 0.15) is 25.8 Å². The Kier molecular flexibility index (Phi) is 7.05. The number of nitrogens with zero attached hydrogens (tertiary/aromatic N) is 1. The predicted molar refractivity (Wildman–Crippen MR) is 86.2 cm³/mol. The van der Waals surface area contributed by atoms with Gasteiger partial charge < -0.3 is 15.4 Å². The van der Waals surface area contributed by atoms with Crippen molar-refractivity contribution >= 4 is 11.9 Å². The van der Waals surface area contributed by atoms with E-state index >= 15 is 0 Å². The van der Waals surface area contributed by atoms with Crippen molar-refractivity contribution in [2.24, 2.45) is 11.7 Å². The maximum atomic E-state index is 12.4. The minimum atomic E-state index is -0.668. The summed E-state index contributed by atoms with van der Waals surface area (Å²) in [5.41, 5.74) is 6.92. The summed E-state index contributed by atoms with van der Waals surface area (Å²) in [5, 5.41) is 0. The molecule has 122 valence electrons. The number of benzene rings is 1. The number of esters is 1. The van der Waals surface area contributed by atoms with Gasteiger partial charge in [-0.05, 0) is 17.9 Å². The third-order valence-electron chi connectivity index (χ3n) is 3.60. The predicted octanol–water partition coefficient (Wildman–Crippen LogP) is 1.60. The average Bonchev–Trinajstić information content (AvgIpc) is 2.50. The van der Waals surface area contributed by atoms with Crippen LogP contribution in [0.5, 0.6) is 0 Å². The van der Waals surface area contributed by atoms with Crippen molar-refractivity contribution in [2.45, 2.75) is 38.8 Å². The topological polar surface area (TPSA) is 72.6 Å². The highest BCUT2D eigenvalue weighted by Crippen LogP contribution is 2.12. The van der Waals surface area contributed by atoms with Crippen molar-refractivity contribution in [3.63, 3.8) is 0 Å². The number of ether oxygens (including phenoxy) is 1. The van der Waals surface area contributed by atoms with Crippen molar-refractivity contribution in [3.8, 4) is 0 Å². The molecular weight excluding hydrogens is 280 g/mol. The van der Waals surface area contributed by atoms with Crippen LogP contribution in [0.25, 0.3) is 0 Å². The molecule has 5 nitrogen and oxygen atoms in total. The molecule has 1 amide bonds. The van der Waals surface area contributed by atoms with Gasteiger partial charge in [0.1, 0.15) is 6.04 Å². The normalized spacial score (nSPS) is 13.5. The molecule has 1 aromatic rings. The Hall–Kier alpha value is -1.88. The summed E-state index contributed by atoms with van der Waals surface area (Å²) in [6.07, 6.45) is 0.993. The molecule has 2 N–H and O–H groups in total. The third-order valence-corrected chi connectivity index (χ3v) is 3.60. The molecule has 0 saturated heterocycles. The zero-order chi connectivity index (χ0) is 16.7. The number of carbonyl (C=O) groups is 2. The minimum Gasteiger partial charge on any atom is -0.467 e. The number of methoxy groups -OCH3 is 1. The first-order valence-corrected chi connectivity index (χ1v) is 7.50. The smallest absolute Gasteiger partial charge is 0.328 e. The number of nitrogens with two attached hydrogens (primary N) is 1. The summed E-state index contributed by atoms with van der Waals surface area (Å²) >= 11 is 0. The fourth-order valence-electron chi connectivity index (χ4n) is 2.38. The van der Waals surface area contributed by atoms with Crippen molar-refractivity contribution < 1.29 is 14.3 Å². The molecule has 2 atom stereocenters. The molecule has 0 bridgehead atoms. The molecule has 0 saturated carbocycles. The summed E-state index contributed by atoms with van der Waals surface area (Å²) in [6, 6.07) is 8.27. The van der Waals surface area contributed by atoms with Crippen LogP contribution in [-0.2, 0) is 20.7 Å². The Morgan fingerprint density at radius 1 is 1.23 bits per heavy atom. The number of likely N-dealkylation sites (N-methyl/N-ethyl adjacent to an activating group) is 1. The van der Waals surface area contributed by atoms with E-state index in [1.165, 1.54) is 12.0 Å². The van der Waals surface area contributed by atoms with Crippen LogP contribution >= 0.6 is 0 Å². The van der Waals surface area contributed by atoms with Crippen LogP contribution in [0, 0.1) is 5.92 Å². The van der Waals surface area contributed by atoms with Crippen LogP contribution in [0.4, 0.5) is 0 Å². The van der Waals surface area contributed by atoms with Crippen LogP contribution < -0.4 is 5.73 Å². The van der Waals surface area contributed by atoms with E-state index in [0.29, 0.717) is 18.8 Å². The van der Waals surface area contributed by atoms with Crippen molar-refractivity contribution in [1.29, 1.82) is 0 Å². The summed E-state index contributed by atoms with van der Waals surface area (Å²) in [5.74, 6) is -0.352. The first-order chi connectivity index (χ1) is 10.4. The second kappa shape index (κ2) is 8.54. The Morgan fingerprint density at radius 3 is 2.32 bits per heavy atom. The summed E-state index contributed by atoms with van der Waals surface area (Å²) < 4.78 is 4.84. The molecule has 0 aliphatic rings. The highest BCUT2D eigenvalue weighted by Gasteiger charge is 2.30. The van der Waals surface area contributed by atoms with Crippen LogP contribution in [0.3, 0.4) is 0 Å². The summed E-state index contributed by atoms with van der Waals surface area (Å²) in [6.45, 7) is 4.02. The highest BCUT2D eigenvalue weighted by atomic mass is 16.5. The van der Waals surface area contributed by atoms with Gasteiger partial charge >= 0.3 is 5.97 Å². The van der Waals surface area contributed by atoms with Gasteiger partial charge in [-0.1, -0.05) is 44.2 Å². The van der Waals surface area contributed by atoms with E-state index in [9.17, 15) is 9.59 Å². The summed E-state index contributed by atoms with van der Waals surface area (Å²) in [4.78, 5) is 25.9. The maximum Gasteiger partial charge on any atom is 0.328 e. The van der Waals surface area contributed by atoms with Gasteiger partial charge in [-0.15, -0.1) is 0 Å². The van der Waals surface area contributed by atoms with Crippen LogP contribution in [0.15, 0.2) is 30.3 Å². The van der Waals surface area contributed by atoms with Gasteiger partial charge in [-0.2, -0.15) is 0 Å². The number of hydrogen-bond donors (Lipinski definition) is 1. The molecule has 0 heterocycles. The highest BCUT2D eigenvalue weighted by molar-refractivity contribution is 5.87. The van der Waals surface area contributed by atoms with E-state index in [-0.39, 0.29) is 5.91 Å². The van der Waals surface area contributed by atoms with E-state index in [0.717, 1.165) is 5.56 Å². The lowest BCUT2D eigenvalue weighted by Gasteiger charge is -2.29. The fraction of sp³-hybridized carbons (Fsp3) is 0.529. The zero-order valence-corrected chi connectivity index (χ0v) is 13.8. The molecular formula is C17H26N2O3. The van der Waals surface area contributed by atoms with Gasteiger partial charge in [0, 0.05) is 13.5 Å². The maximum absolute atomic E-state index is 12.4. The Bertz CT molecular complexity index is 488. The molecule has 0 spiro atoms. The van der Waals surface area contributed by atoms with E-state index in [1.807, 2.05) is 44.2 Å². The van der Waals surface area contributed by atoms with Gasteiger partial charge in [0.05, 0.1) is 13.2 Å². The Morgan fingerprint density at radius 2 is 1.82 bits per heavy atom. The molecule has 0 aromatic heterocycles. The zero-order valence-electron chi connectivity index (χ0n) is 13.8. The SMILES string of the molecule is COC(=O)[C@H](Cc1ccccc1)N(C)C(=O)[C@@H](N)CC(C)C. The van der Waals surface area contributed by atoms with E-state index in [2.05, 4.69) is 0 Å². The Labute approximate surface area is 132 Å². The van der Waals surface area contributed by atoms with Gasteiger partial charge in [0.25, 0.3) is 0 Å². The molecule has 22 heavy (non-hydrogen) atoms. The molecule has 0 aliphatic heterocycles. The third kappa shape index (κ3) is 5.15. The molecule has 0 fully saturated rings. The molecule has 1 rings (SSSR count). The molecule has 0 aliphatic carbocycles. The lowest BCUT2D eigenvalue weighted by Crippen LogP contribution is -2.51. The Balaban J connectivity index is 2.87. The fourth-order valence-corrected chi connectivity index (χ4v) is 2.38. The van der Waals surface area contributed by atoms with Crippen molar-refractivity contribution in [1.82, 2.24) is 4.90 Å². The summed E-state index contributed by atoms with van der Waals surface area (Å²) in [7, 11) is 2.93. The van der Waals surface area contributed by atoms with Crippen LogP contribution in [0.2, 0.25) is 0 Å². The van der Waals surface area contributed by atoms with Crippen LogP contribution in [-0.4, -0.2) is 43.0 Å². The van der Waals surface area contributed by atoms with E-state index in [4.69, 9.17) is 10.5 Å². The number of carbonyl (C=O) groups excluding carboxylic acids is 2. The van der Waals surface area contributed by atoms with Gasteiger partial charge in [0.15, 0.2) is 0 Å². The quantitative estimate of drug-likeness (QED) is 0.777. The van der Waals surface area contributed by atoms with Crippen molar-refractivity contribution in [2.75, 3.05) is 14.2 Å². The number of rotatable bonds is 7. The standard InChI is InChI=1S/C17H26N2O3/c1-12(2)10-14(18)16(20)19(3)15(17(21)22-4)11-13-8-6-5-7-9-13/h5-9,12,14-15H,10-11,18H2,1-4H3/t14-,15-/m0/s1. The molecule has 5 heteroatoms. The second-order valence-corrected chi connectivity index (χ2v) is 5.91. The lowest BCUT2D eigenvalue weighted by atomic mass is 10.0. The minimum absolute atomic E-state index is 0.236. The van der Waals surface area contributed by atoms with Gasteiger partial charge in [0.2, 0.25) is 5.91 Å². The first kappa shape index (κ1) is 18.2. The average molecular weight is 306 g/mol. The largest absolute Gasteiger partial charge is 0.467 e. The number of amides is 1. The lowest BCUT2D eigenvalue weighted by molar-refractivity contribution is -0.152. The van der Waals surface area contributed by atoms with Gasteiger partial charge in [-0.3, -0.25) is 4.79 Å². The van der Waals surface area contributed by atoms with Gasteiger partial charge in [-0.25, -0.2) is 4.79 Å². The molecule has 0 radical (unpaired) electrons. The van der Waals surface area contributed by atoms with E-state index < -0.39 is 18.1 Å². The molecule has 0 unspecified atom stereocenters. The second-order valence-electron chi connectivity index (χ2n) is 5.91. The van der Waals surface area contributed by atoms with Crippen molar-refractivity contribution in [3.05, 3.63) is 35.9 Å².